The molecule has 0 aliphatic carbocycles. The molecule has 3 atom stereocenters. The van der Waals surface area contributed by atoms with Gasteiger partial charge in [0.2, 0.25) is 10.0 Å². The lowest BCUT2D eigenvalue weighted by atomic mass is 10.0. The van der Waals surface area contributed by atoms with Gasteiger partial charge >= 0.3 is 0 Å². The second-order valence-electron chi connectivity index (χ2n) is 3.89. The minimum Gasteiger partial charge on any atom is -0.394 e. The first kappa shape index (κ1) is 13.7. The summed E-state index contributed by atoms with van der Waals surface area (Å²) >= 11 is 3.05. The van der Waals surface area contributed by atoms with Crippen molar-refractivity contribution in [2.75, 3.05) is 19.0 Å². The van der Waals surface area contributed by atoms with Gasteiger partial charge in [-0.3, -0.25) is 0 Å². The van der Waals surface area contributed by atoms with Gasteiger partial charge in [0.05, 0.1) is 23.9 Å². The summed E-state index contributed by atoms with van der Waals surface area (Å²) in [7, 11) is -3.60. The molecule has 17 heavy (non-hydrogen) atoms. The zero-order valence-corrected chi connectivity index (χ0v) is 11.6. The summed E-state index contributed by atoms with van der Waals surface area (Å²) in [5, 5.41) is 13.9. The van der Waals surface area contributed by atoms with Gasteiger partial charge in [-0.15, -0.1) is 11.8 Å². The van der Waals surface area contributed by atoms with Crippen LogP contribution in [0.15, 0.2) is 10.3 Å². The quantitative estimate of drug-likeness (QED) is 0.777. The summed E-state index contributed by atoms with van der Waals surface area (Å²) in [5.74, 6) is 1.01. The Morgan fingerprint density at radius 2 is 2.35 bits per heavy atom. The van der Waals surface area contributed by atoms with Gasteiger partial charge in [0.25, 0.3) is 0 Å². The largest absolute Gasteiger partial charge is 0.394 e. The van der Waals surface area contributed by atoms with E-state index < -0.39 is 10.0 Å². The number of rotatable bonds is 4. The monoisotopic (exact) mass is 297 g/mol. The summed E-state index contributed by atoms with van der Waals surface area (Å²) in [6.45, 7) is 0.279. The van der Waals surface area contributed by atoms with E-state index in [0.29, 0.717) is 6.61 Å². The van der Waals surface area contributed by atoms with Crippen LogP contribution in [-0.2, 0) is 14.8 Å². The molecular weight excluding hydrogens is 282 g/mol. The molecule has 0 aromatic carbocycles. The van der Waals surface area contributed by atoms with Crippen LogP contribution in [0.2, 0.25) is 0 Å². The summed E-state index contributed by atoms with van der Waals surface area (Å²) < 4.78 is 28.6. The first-order valence-corrected chi connectivity index (χ1v) is 8.75. The maximum Gasteiger partial charge on any atom is 0.243 e. The van der Waals surface area contributed by atoms with Crippen LogP contribution in [0.4, 0.5) is 0 Å². The molecule has 0 spiro atoms. The standard InChI is InChI=1S/C9H15NO4S3/c10-17(12,13)8-5-6-7(14-3-2-11)1-4-15-9(6)16-8/h5-7,9,11H,1-4H2,(H2,10,12,13). The number of aliphatic hydroxyl groups excluding tert-OH is 1. The zero-order chi connectivity index (χ0) is 12.5. The smallest absolute Gasteiger partial charge is 0.243 e. The van der Waals surface area contributed by atoms with Crippen LogP contribution < -0.4 is 5.14 Å². The molecule has 2 heterocycles. The van der Waals surface area contributed by atoms with E-state index in [1.165, 1.54) is 11.8 Å². The molecule has 1 saturated heterocycles. The van der Waals surface area contributed by atoms with E-state index in [4.69, 9.17) is 15.0 Å². The van der Waals surface area contributed by atoms with Crippen LogP contribution in [0.1, 0.15) is 6.42 Å². The van der Waals surface area contributed by atoms with Crippen LogP contribution in [0.25, 0.3) is 0 Å². The van der Waals surface area contributed by atoms with E-state index in [1.807, 2.05) is 0 Å². The number of aliphatic hydroxyl groups is 1. The van der Waals surface area contributed by atoms with E-state index in [9.17, 15) is 8.42 Å². The van der Waals surface area contributed by atoms with Crippen molar-refractivity contribution in [2.45, 2.75) is 17.1 Å². The molecule has 2 rings (SSSR count). The predicted octanol–water partition coefficient (Wildman–Crippen LogP) is 0.320. The third kappa shape index (κ3) is 3.18. The molecule has 0 amide bonds. The molecule has 0 aromatic rings. The first-order valence-electron chi connectivity index (χ1n) is 5.27. The molecule has 1 fully saturated rings. The van der Waals surface area contributed by atoms with Crippen molar-refractivity contribution in [2.24, 2.45) is 11.1 Å². The number of primary sulfonamides is 1. The molecule has 3 N–H and O–H groups in total. The third-order valence-electron chi connectivity index (χ3n) is 2.69. The van der Waals surface area contributed by atoms with Gasteiger partial charge in [-0.1, -0.05) is 17.8 Å². The number of nitrogens with two attached hydrogens (primary N) is 1. The van der Waals surface area contributed by atoms with Crippen LogP contribution in [0, 0.1) is 5.92 Å². The van der Waals surface area contributed by atoms with Gasteiger partial charge in [-0.25, -0.2) is 13.6 Å². The lowest BCUT2D eigenvalue weighted by Crippen LogP contribution is -2.33. The van der Waals surface area contributed by atoms with Gasteiger partial charge in [0.1, 0.15) is 4.24 Å². The molecule has 2 aliphatic rings. The molecule has 0 aromatic heterocycles. The van der Waals surface area contributed by atoms with Gasteiger partial charge in [-0.05, 0) is 12.2 Å². The van der Waals surface area contributed by atoms with E-state index in [2.05, 4.69) is 0 Å². The fourth-order valence-electron chi connectivity index (χ4n) is 1.95. The van der Waals surface area contributed by atoms with Crippen molar-refractivity contribution in [3.05, 3.63) is 10.3 Å². The van der Waals surface area contributed by atoms with Crippen LogP contribution in [0.3, 0.4) is 0 Å². The van der Waals surface area contributed by atoms with Crippen molar-refractivity contribution in [3.63, 3.8) is 0 Å². The summed E-state index contributed by atoms with van der Waals surface area (Å²) in [5.41, 5.74) is 0. The number of ether oxygens (including phenoxy) is 1. The average Bonchev–Trinajstić information content (AvgIpc) is 2.70. The molecule has 5 nitrogen and oxygen atoms in total. The molecule has 8 heteroatoms. The Morgan fingerprint density at radius 1 is 1.59 bits per heavy atom. The molecule has 0 radical (unpaired) electrons. The Labute approximate surface area is 109 Å². The fraction of sp³-hybridized carbons (Fsp3) is 0.778. The Morgan fingerprint density at radius 3 is 3.00 bits per heavy atom. The normalized spacial score (nSPS) is 33.3. The van der Waals surface area contributed by atoms with Crippen molar-refractivity contribution in [1.82, 2.24) is 0 Å². The van der Waals surface area contributed by atoms with E-state index in [1.54, 1.807) is 17.8 Å². The summed E-state index contributed by atoms with van der Waals surface area (Å²) in [4.78, 5) is 0. The number of thioether (sulfide) groups is 2. The van der Waals surface area contributed by atoms with Gasteiger partial charge in [-0.2, -0.15) is 0 Å². The maximum absolute atomic E-state index is 11.3. The summed E-state index contributed by atoms with van der Waals surface area (Å²) in [6.07, 6.45) is 2.57. The number of fused-ring (bicyclic) bond motifs is 1. The molecule has 98 valence electrons. The molecule has 0 saturated carbocycles. The highest BCUT2D eigenvalue weighted by Crippen LogP contribution is 2.49. The average molecular weight is 297 g/mol. The second-order valence-corrected chi connectivity index (χ2v) is 8.41. The van der Waals surface area contributed by atoms with Crippen molar-refractivity contribution in [1.29, 1.82) is 0 Å². The molecule has 3 unspecified atom stereocenters. The van der Waals surface area contributed by atoms with Crippen LogP contribution >= 0.6 is 23.5 Å². The number of hydrogen-bond donors (Lipinski definition) is 2. The Balaban J connectivity index is 2.11. The third-order valence-corrected chi connectivity index (χ3v) is 7.10. The fourth-order valence-corrected chi connectivity index (χ4v) is 6.15. The van der Waals surface area contributed by atoms with Gasteiger partial charge < -0.3 is 9.84 Å². The number of hydrogen-bond acceptors (Lipinski definition) is 6. The van der Waals surface area contributed by atoms with Crippen molar-refractivity contribution < 1.29 is 18.3 Å². The number of sulfonamides is 1. The van der Waals surface area contributed by atoms with Crippen molar-refractivity contribution in [3.8, 4) is 0 Å². The van der Waals surface area contributed by atoms with Crippen LogP contribution in [-0.4, -0.2) is 43.2 Å². The Kier molecular flexibility index (Phi) is 4.43. The van der Waals surface area contributed by atoms with Gasteiger partial charge in [0.15, 0.2) is 0 Å². The molecule has 2 aliphatic heterocycles. The lowest BCUT2D eigenvalue weighted by molar-refractivity contribution is 0.00629. The topological polar surface area (TPSA) is 89.6 Å². The van der Waals surface area contributed by atoms with E-state index in [0.717, 1.165) is 12.2 Å². The van der Waals surface area contributed by atoms with E-state index in [-0.39, 0.29) is 27.4 Å². The highest BCUT2D eigenvalue weighted by atomic mass is 32.3. The highest BCUT2D eigenvalue weighted by molar-refractivity contribution is 8.25. The van der Waals surface area contributed by atoms with Crippen LogP contribution in [0.5, 0.6) is 0 Å². The minimum absolute atomic E-state index is 0.0138. The lowest BCUT2D eigenvalue weighted by Gasteiger charge is -2.31. The predicted molar refractivity (Wildman–Crippen MR) is 70.0 cm³/mol. The highest BCUT2D eigenvalue weighted by Gasteiger charge is 2.40. The minimum atomic E-state index is -3.60. The summed E-state index contributed by atoms with van der Waals surface area (Å²) in [6, 6.07) is 0. The SMILES string of the molecule is NS(=O)(=O)C1=CC2C(OCCO)CCSC2S1. The molecule has 0 bridgehead atoms. The second kappa shape index (κ2) is 5.50. The first-order chi connectivity index (χ1) is 8.02. The zero-order valence-electron chi connectivity index (χ0n) is 9.11. The molecular formula is C9H15NO4S3. The maximum atomic E-state index is 11.3. The Hall–Kier alpha value is 0.270. The Bertz CT molecular complexity index is 408. The van der Waals surface area contributed by atoms with E-state index >= 15 is 0 Å². The van der Waals surface area contributed by atoms with Crippen molar-refractivity contribution >= 4 is 33.5 Å². The van der Waals surface area contributed by atoms with Gasteiger partial charge in [0, 0.05) is 5.92 Å².